The van der Waals surface area contributed by atoms with Gasteiger partial charge in [-0.25, -0.2) is 4.57 Å². The summed E-state index contributed by atoms with van der Waals surface area (Å²) >= 11 is 2.79. The third-order valence-electron chi connectivity index (χ3n) is 0. The van der Waals surface area contributed by atoms with Gasteiger partial charge < -0.3 is 9.79 Å². The van der Waals surface area contributed by atoms with E-state index in [1.165, 1.54) is 0 Å². The van der Waals surface area contributed by atoms with Crippen LogP contribution in [0.25, 0.3) is 0 Å². The van der Waals surface area contributed by atoms with Gasteiger partial charge in [0.2, 0.25) is 0 Å². The van der Waals surface area contributed by atoms with Crippen molar-refractivity contribution in [3.63, 3.8) is 0 Å². The van der Waals surface area contributed by atoms with E-state index in [9.17, 15) is 4.57 Å². The Morgan fingerprint density at radius 2 is 1.50 bits per heavy atom. The molecule has 0 unspecified atom stereocenters. The van der Waals surface area contributed by atoms with Crippen LogP contribution in [0.1, 0.15) is 0 Å². The predicted octanol–water partition coefficient (Wildman–Crippen LogP) is -0.640. The Morgan fingerprint density at radius 3 is 1.50 bits per heavy atom. The van der Waals surface area contributed by atoms with Crippen LogP contribution >= 0.6 is 19.0 Å². The molecular weight excluding hydrogens is 134 g/mol. The second-order valence-corrected chi connectivity index (χ2v) is 3.10. The summed E-state index contributed by atoms with van der Waals surface area (Å²) in [7, 11) is 0. The van der Waals surface area contributed by atoms with Gasteiger partial charge in [-0.2, -0.15) is 0 Å². The molecule has 6 heavy (non-hydrogen) atoms. The molecule has 0 heterocycles. The zero-order valence-electron chi connectivity index (χ0n) is 2.20. The quantitative estimate of drug-likeness (QED) is 0.237. The van der Waals surface area contributed by atoms with Gasteiger partial charge in [0.1, 0.15) is 0 Å². The van der Waals surface area contributed by atoms with Crippen LogP contribution in [0.3, 0.4) is 0 Å². The van der Waals surface area contributed by atoms with E-state index in [1.54, 1.807) is 0 Å². The Bertz CT molecular complexity index is 56.9. The summed E-state index contributed by atoms with van der Waals surface area (Å²) in [6.45, 7) is -3.94. The van der Waals surface area contributed by atoms with Crippen molar-refractivity contribution < 1.29 is 14.4 Å². The summed E-state index contributed by atoms with van der Waals surface area (Å²) in [5.74, 6) is 0. The van der Waals surface area contributed by atoms with Crippen LogP contribution in [0.5, 0.6) is 0 Å². The summed E-state index contributed by atoms with van der Waals surface area (Å²) in [5, 5.41) is 0. The number of thiol groups is 1. The van der Waals surface area contributed by atoms with E-state index in [4.69, 9.17) is 9.79 Å². The van der Waals surface area contributed by atoms with Crippen molar-refractivity contribution in [2.24, 2.45) is 0 Å². The van der Waals surface area contributed by atoms with Gasteiger partial charge >= 0.3 is 36.4 Å². The molecule has 2 N–H and O–H groups in total. The number of hydrogen-bond donors (Lipinski definition) is 3. The van der Waals surface area contributed by atoms with Gasteiger partial charge in [-0.1, -0.05) is 12.2 Å². The molecule has 34 valence electrons. The van der Waals surface area contributed by atoms with Crippen molar-refractivity contribution in [1.82, 2.24) is 0 Å². The van der Waals surface area contributed by atoms with Gasteiger partial charge in [0, 0.05) is 0 Å². The summed E-state index contributed by atoms with van der Waals surface area (Å²) in [6.07, 6.45) is 0. The molecular formula is H4NaO3PS. The van der Waals surface area contributed by atoms with E-state index in [2.05, 4.69) is 12.2 Å². The third kappa shape index (κ3) is 49.5. The topological polar surface area (TPSA) is 57.5 Å². The Morgan fingerprint density at radius 1 is 1.50 bits per heavy atom. The summed E-state index contributed by atoms with van der Waals surface area (Å²) < 4.78 is 9.19. The molecule has 0 aromatic carbocycles. The third-order valence-corrected chi connectivity index (χ3v) is 0. The van der Waals surface area contributed by atoms with E-state index in [1.807, 2.05) is 0 Å². The summed E-state index contributed by atoms with van der Waals surface area (Å²) in [4.78, 5) is 15.0. The first-order valence-electron chi connectivity index (χ1n) is 0.783. The van der Waals surface area contributed by atoms with Crippen LogP contribution < -0.4 is 0 Å². The zero-order valence-corrected chi connectivity index (χ0v) is 3.99. The van der Waals surface area contributed by atoms with Crippen molar-refractivity contribution in [2.45, 2.75) is 0 Å². The van der Waals surface area contributed by atoms with Gasteiger partial charge in [-0.3, -0.25) is 0 Å². The molecule has 0 atom stereocenters. The average Bonchev–Trinajstić information content (AvgIpc) is 0.722. The molecule has 0 saturated heterocycles. The van der Waals surface area contributed by atoms with E-state index in [0.717, 1.165) is 0 Å². The molecule has 0 aliphatic heterocycles. The van der Waals surface area contributed by atoms with Crippen molar-refractivity contribution in [1.29, 1.82) is 0 Å². The fourth-order valence-corrected chi connectivity index (χ4v) is 0. The van der Waals surface area contributed by atoms with Crippen LogP contribution in [-0.4, -0.2) is 39.3 Å². The molecule has 0 bridgehead atoms. The normalized spacial score (nSPS) is 9.83. The van der Waals surface area contributed by atoms with Gasteiger partial charge in [0.25, 0.3) is 0 Å². The van der Waals surface area contributed by atoms with Crippen LogP contribution in [0.4, 0.5) is 0 Å². The van der Waals surface area contributed by atoms with Crippen LogP contribution in [0, 0.1) is 0 Å². The Hall–Kier alpha value is 1.50. The molecule has 0 aromatic rings. The second kappa shape index (κ2) is 3.50. The van der Waals surface area contributed by atoms with E-state index in [-0.39, 0.29) is 29.6 Å². The SMILES string of the molecule is O=P(O)(O)S.[NaH]. The molecule has 0 aliphatic rings. The average molecular weight is 138 g/mol. The molecule has 0 fully saturated rings. The van der Waals surface area contributed by atoms with Crippen molar-refractivity contribution in [3.8, 4) is 0 Å². The molecule has 6 heteroatoms. The number of hydrogen-bond acceptors (Lipinski definition) is 1. The van der Waals surface area contributed by atoms with Crippen molar-refractivity contribution in [2.75, 3.05) is 0 Å². The molecule has 0 amide bonds. The second-order valence-electron chi connectivity index (χ2n) is 0.513. The van der Waals surface area contributed by atoms with Crippen LogP contribution in [0.15, 0.2) is 0 Å². The van der Waals surface area contributed by atoms with Gasteiger partial charge in [-0.05, 0) is 0 Å². The fourth-order valence-electron chi connectivity index (χ4n) is 0. The minimum atomic E-state index is -3.94. The first-order valence-corrected chi connectivity index (χ1v) is 3.55. The molecule has 0 aliphatic carbocycles. The molecule has 0 rings (SSSR count). The minimum absolute atomic E-state index is 0. The standard InChI is InChI=1S/Na.H3O3PS.H/c;1-4(2,3)5;/h;(H3,1,2,3,5);. The maximum atomic E-state index is 9.19. The molecule has 0 saturated carbocycles. The van der Waals surface area contributed by atoms with Gasteiger partial charge in [-0.15, -0.1) is 0 Å². The molecule has 0 radical (unpaired) electrons. The van der Waals surface area contributed by atoms with Crippen molar-refractivity contribution in [3.05, 3.63) is 0 Å². The Kier molecular flexibility index (Phi) is 6.10. The van der Waals surface area contributed by atoms with Gasteiger partial charge in [0.05, 0.1) is 0 Å². The van der Waals surface area contributed by atoms with E-state index < -0.39 is 6.80 Å². The summed E-state index contributed by atoms with van der Waals surface area (Å²) in [6, 6.07) is 0. The molecule has 0 spiro atoms. The maximum absolute atomic E-state index is 9.19. The Labute approximate surface area is 62.7 Å². The first-order chi connectivity index (χ1) is 2.00. The van der Waals surface area contributed by atoms with E-state index >= 15 is 0 Å². The summed E-state index contributed by atoms with van der Waals surface area (Å²) in [5.41, 5.74) is 0. The zero-order chi connectivity index (χ0) is 4.50. The van der Waals surface area contributed by atoms with Crippen LogP contribution in [-0.2, 0) is 4.57 Å². The Balaban J connectivity index is 0. The monoisotopic (exact) mass is 138 g/mol. The fraction of sp³-hybridized carbons (Fsp3) is 0. The van der Waals surface area contributed by atoms with Crippen molar-refractivity contribution >= 4 is 48.6 Å². The first kappa shape index (κ1) is 10.5. The molecule has 0 aromatic heterocycles. The molecule has 3 nitrogen and oxygen atoms in total. The van der Waals surface area contributed by atoms with Crippen LogP contribution in [0.2, 0.25) is 0 Å². The van der Waals surface area contributed by atoms with Gasteiger partial charge in [0.15, 0.2) is 0 Å². The number of rotatable bonds is 0. The predicted molar refractivity (Wildman–Crippen MR) is 28.2 cm³/mol. The van der Waals surface area contributed by atoms with E-state index in [0.29, 0.717) is 0 Å².